The fraction of sp³-hybridized carbons (Fsp3) is 0.500. The van der Waals surface area contributed by atoms with Gasteiger partial charge in [0.25, 0.3) is 5.91 Å². The van der Waals surface area contributed by atoms with Gasteiger partial charge in [-0.3, -0.25) is 4.79 Å². The van der Waals surface area contributed by atoms with Crippen molar-refractivity contribution in [1.82, 2.24) is 4.90 Å². The number of amides is 1. The van der Waals surface area contributed by atoms with Crippen LogP contribution in [0.2, 0.25) is 0 Å². The van der Waals surface area contributed by atoms with Crippen LogP contribution in [0.25, 0.3) is 0 Å². The number of nitrogens with zero attached hydrogens (tertiary/aromatic N) is 1. The Kier molecular flexibility index (Phi) is 4.67. The number of benzene rings is 1. The molecule has 1 amide bonds. The van der Waals surface area contributed by atoms with E-state index in [4.69, 9.17) is 0 Å². The van der Waals surface area contributed by atoms with Gasteiger partial charge in [0.15, 0.2) is 0 Å². The van der Waals surface area contributed by atoms with Crippen LogP contribution in [0.15, 0.2) is 18.2 Å². The zero-order valence-corrected chi connectivity index (χ0v) is 11.0. The van der Waals surface area contributed by atoms with Crippen LogP contribution < -0.4 is 0 Å². The van der Waals surface area contributed by atoms with Crippen LogP contribution in [0.5, 0.6) is 0 Å². The summed E-state index contributed by atoms with van der Waals surface area (Å²) in [5.74, 6) is -0.391. The van der Waals surface area contributed by atoms with E-state index in [-0.39, 0.29) is 17.4 Å². The smallest absolute Gasteiger partial charge is 0.256 e. The first kappa shape index (κ1) is 13.7. The summed E-state index contributed by atoms with van der Waals surface area (Å²) in [6, 6.07) is 4.87. The predicted molar refractivity (Wildman–Crippen MR) is 67.7 cm³/mol. The van der Waals surface area contributed by atoms with Crippen molar-refractivity contribution in [2.24, 2.45) is 0 Å². The summed E-state index contributed by atoms with van der Waals surface area (Å²) in [5.41, 5.74) is 1.08. The van der Waals surface area contributed by atoms with E-state index in [2.05, 4.69) is 0 Å². The molecular weight excluding hydrogens is 217 g/mol. The highest BCUT2D eigenvalue weighted by atomic mass is 19.1. The summed E-state index contributed by atoms with van der Waals surface area (Å²) < 4.78 is 13.8. The Labute approximate surface area is 102 Å². The van der Waals surface area contributed by atoms with Gasteiger partial charge in [0.1, 0.15) is 5.82 Å². The minimum Gasteiger partial charge on any atom is -0.339 e. The molecule has 0 radical (unpaired) electrons. The van der Waals surface area contributed by atoms with Gasteiger partial charge in [0.2, 0.25) is 0 Å². The molecule has 0 aliphatic heterocycles. The zero-order valence-electron chi connectivity index (χ0n) is 11.0. The molecule has 0 unspecified atom stereocenters. The molecule has 0 aliphatic rings. The molecule has 0 aromatic heterocycles. The van der Waals surface area contributed by atoms with Crippen molar-refractivity contribution in [3.63, 3.8) is 0 Å². The summed E-state index contributed by atoms with van der Waals surface area (Å²) >= 11 is 0. The lowest BCUT2D eigenvalue weighted by atomic mass is 10.0. The largest absolute Gasteiger partial charge is 0.339 e. The molecule has 2 nitrogen and oxygen atoms in total. The molecule has 0 bridgehead atoms. The lowest BCUT2D eigenvalue weighted by Crippen LogP contribution is -2.31. The number of hydrogen-bond donors (Lipinski definition) is 0. The van der Waals surface area contributed by atoms with E-state index in [1.807, 2.05) is 33.8 Å². The van der Waals surface area contributed by atoms with Gasteiger partial charge in [0.05, 0.1) is 5.56 Å². The van der Waals surface area contributed by atoms with Gasteiger partial charge in [-0.05, 0) is 37.5 Å². The summed E-state index contributed by atoms with van der Waals surface area (Å²) in [6.45, 7) is 8.98. The molecule has 0 spiro atoms. The Morgan fingerprint density at radius 1 is 1.29 bits per heavy atom. The Hall–Kier alpha value is -1.38. The fourth-order valence-corrected chi connectivity index (χ4v) is 1.75. The van der Waals surface area contributed by atoms with E-state index >= 15 is 0 Å². The summed E-state index contributed by atoms with van der Waals surface area (Å²) in [5, 5.41) is 0. The summed E-state index contributed by atoms with van der Waals surface area (Å²) in [6.07, 6.45) is 0. The molecule has 1 aromatic rings. The average molecular weight is 237 g/mol. The van der Waals surface area contributed by atoms with E-state index in [1.54, 1.807) is 11.0 Å². The fourth-order valence-electron chi connectivity index (χ4n) is 1.75. The van der Waals surface area contributed by atoms with Crippen LogP contribution in [0, 0.1) is 5.82 Å². The van der Waals surface area contributed by atoms with Crippen LogP contribution >= 0.6 is 0 Å². The molecule has 0 heterocycles. The van der Waals surface area contributed by atoms with Crippen LogP contribution in [0.1, 0.15) is 49.5 Å². The quantitative estimate of drug-likeness (QED) is 0.785. The first-order chi connectivity index (χ1) is 8.01. The van der Waals surface area contributed by atoms with Gasteiger partial charge in [-0.2, -0.15) is 0 Å². The normalized spacial score (nSPS) is 10.7. The molecule has 1 aromatic carbocycles. The standard InChI is InChI=1S/C14H20FNO/c1-5-16(6-2)14(17)12-8-7-11(10(3)4)9-13(12)15/h7-10H,5-6H2,1-4H3. The Morgan fingerprint density at radius 2 is 1.88 bits per heavy atom. The molecule has 0 atom stereocenters. The highest BCUT2D eigenvalue weighted by Crippen LogP contribution is 2.19. The number of hydrogen-bond acceptors (Lipinski definition) is 1. The molecule has 0 fully saturated rings. The maximum absolute atomic E-state index is 13.8. The second-order valence-electron chi connectivity index (χ2n) is 4.37. The second-order valence-corrected chi connectivity index (χ2v) is 4.37. The molecule has 1 rings (SSSR count). The van der Waals surface area contributed by atoms with Gasteiger partial charge in [-0.1, -0.05) is 19.9 Å². The highest BCUT2D eigenvalue weighted by Gasteiger charge is 2.17. The molecule has 0 N–H and O–H groups in total. The van der Waals surface area contributed by atoms with Gasteiger partial charge < -0.3 is 4.90 Å². The van der Waals surface area contributed by atoms with Gasteiger partial charge in [-0.25, -0.2) is 4.39 Å². The van der Waals surface area contributed by atoms with E-state index in [1.165, 1.54) is 6.07 Å². The predicted octanol–water partition coefficient (Wildman–Crippen LogP) is 3.43. The van der Waals surface area contributed by atoms with Crippen molar-refractivity contribution < 1.29 is 9.18 Å². The third-order valence-electron chi connectivity index (χ3n) is 2.94. The first-order valence-electron chi connectivity index (χ1n) is 6.09. The highest BCUT2D eigenvalue weighted by molar-refractivity contribution is 5.94. The number of halogens is 1. The van der Waals surface area contributed by atoms with E-state index in [0.29, 0.717) is 13.1 Å². The molecule has 0 aliphatic carbocycles. The maximum Gasteiger partial charge on any atom is 0.256 e. The van der Waals surface area contributed by atoms with Crippen molar-refractivity contribution in [2.45, 2.75) is 33.6 Å². The lowest BCUT2D eigenvalue weighted by molar-refractivity contribution is 0.0768. The minimum absolute atomic E-state index is 0.165. The first-order valence-corrected chi connectivity index (χ1v) is 6.09. The number of carbonyl (C=O) groups is 1. The Balaban J connectivity index is 3.03. The SMILES string of the molecule is CCN(CC)C(=O)c1ccc(C(C)C)cc1F. The molecule has 17 heavy (non-hydrogen) atoms. The number of rotatable bonds is 4. The zero-order chi connectivity index (χ0) is 13.0. The second kappa shape index (κ2) is 5.80. The summed E-state index contributed by atoms with van der Waals surface area (Å²) in [4.78, 5) is 13.6. The van der Waals surface area contributed by atoms with Gasteiger partial charge in [0, 0.05) is 13.1 Å². The van der Waals surface area contributed by atoms with Crippen molar-refractivity contribution in [3.8, 4) is 0 Å². The number of carbonyl (C=O) groups excluding carboxylic acids is 1. The molecule has 0 saturated carbocycles. The van der Waals surface area contributed by atoms with Crippen molar-refractivity contribution in [1.29, 1.82) is 0 Å². The van der Waals surface area contributed by atoms with Gasteiger partial charge in [-0.15, -0.1) is 0 Å². The van der Waals surface area contributed by atoms with E-state index < -0.39 is 5.82 Å². The molecule has 3 heteroatoms. The average Bonchev–Trinajstić information content (AvgIpc) is 2.30. The maximum atomic E-state index is 13.8. The monoisotopic (exact) mass is 237 g/mol. The van der Waals surface area contributed by atoms with E-state index in [0.717, 1.165) is 5.56 Å². The summed E-state index contributed by atoms with van der Waals surface area (Å²) in [7, 11) is 0. The van der Waals surface area contributed by atoms with E-state index in [9.17, 15) is 9.18 Å². The van der Waals surface area contributed by atoms with Crippen LogP contribution in [0.4, 0.5) is 4.39 Å². The third-order valence-corrected chi connectivity index (χ3v) is 2.94. The molecule has 0 saturated heterocycles. The Morgan fingerprint density at radius 3 is 2.29 bits per heavy atom. The minimum atomic E-state index is -0.423. The molecular formula is C14H20FNO. The third kappa shape index (κ3) is 3.05. The van der Waals surface area contributed by atoms with Crippen LogP contribution in [-0.2, 0) is 0 Å². The van der Waals surface area contributed by atoms with Crippen LogP contribution in [0.3, 0.4) is 0 Å². The lowest BCUT2D eigenvalue weighted by Gasteiger charge is -2.19. The molecule has 94 valence electrons. The van der Waals surface area contributed by atoms with Crippen LogP contribution in [-0.4, -0.2) is 23.9 Å². The van der Waals surface area contributed by atoms with Crippen molar-refractivity contribution in [3.05, 3.63) is 35.1 Å². The van der Waals surface area contributed by atoms with Crippen molar-refractivity contribution in [2.75, 3.05) is 13.1 Å². The van der Waals surface area contributed by atoms with Gasteiger partial charge >= 0.3 is 0 Å². The Bertz CT molecular complexity index is 397. The topological polar surface area (TPSA) is 20.3 Å². The van der Waals surface area contributed by atoms with Crippen molar-refractivity contribution >= 4 is 5.91 Å².